The molecule has 2 aromatic carbocycles. The first-order valence-electron chi connectivity index (χ1n) is 10.5. The minimum absolute atomic E-state index is 0.182. The number of anilines is 1. The number of hydrogen-bond acceptors (Lipinski definition) is 6. The van der Waals surface area contributed by atoms with E-state index in [2.05, 4.69) is 15.3 Å². The number of hydrogen-bond donors (Lipinski definition) is 3. The van der Waals surface area contributed by atoms with Crippen molar-refractivity contribution < 1.29 is 17.9 Å². The third-order valence-electron chi connectivity index (χ3n) is 5.44. The van der Waals surface area contributed by atoms with Crippen LogP contribution < -0.4 is 16.7 Å². The standard InChI is InChI=1S/C23H24F3N5O2S/c1-31-19-10-14(5-8-17(19)30-22(31)32)20-18(12-33-2)29-21(34-20)28-11-16(27)9-13-3-6-15(7-4-13)23(24,25)26/h3-8,10,16H,9,11-12,27H2,1-2H3,(H,28,29)(H,30,32)/t16-/m0/s1. The van der Waals surface area contributed by atoms with Crippen LogP contribution in [0.15, 0.2) is 47.3 Å². The van der Waals surface area contributed by atoms with Crippen molar-refractivity contribution in [3.05, 3.63) is 69.8 Å². The van der Waals surface area contributed by atoms with E-state index in [0.717, 1.165) is 44.9 Å². The zero-order valence-corrected chi connectivity index (χ0v) is 19.4. The van der Waals surface area contributed by atoms with Gasteiger partial charge in [0.25, 0.3) is 0 Å². The van der Waals surface area contributed by atoms with Gasteiger partial charge in [0.05, 0.1) is 33.8 Å². The van der Waals surface area contributed by atoms with Crippen LogP contribution in [0.3, 0.4) is 0 Å². The van der Waals surface area contributed by atoms with Gasteiger partial charge in [-0.1, -0.05) is 29.5 Å². The van der Waals surface area contributed by atoms with E-state index in [1.54, 1.807) is 18.7 Å². The molecule has 0 aliphatic heterocycles. The molecule has 0 fully saturated rings. The number of imidazole rings is 1. The SMILES string of the molecule is COCc1nc(NC[C@@H](N)Cc2ccc(C(F)(F)F)cc2)sc1-c1ccc2[nH]c(=O)n(C)c2c1. The largest absolute Gasteiger partial charge is 0.416 e. The van der Waals surface area contributed by atoms with Gasteiger partial charge in [-0.15, -0.1) is 0 Å². The molecular weight excluding hydrogens is 467 g/mol. The first-order valence-corrected chi connectivity index (χ1v) is 11.3. The molecule has 1 atom stereocenters. The number of halogens is 3. The van der Waals surface area contributed by atoms with E-state index >= 15 is 0 Å². The van der Waals surface area contributed by atoms with Crippen molar-refractivity contribution in [2.24, 2.45) is 12.8 Å². The molecule has 0 radical (unpaired) electrons. The van der Waals surface area contributed by atoms with Crippen LogP contribution in [0.2, 0.25) is 0 Å². The molecule has 0 saturated carbocycles. The van der Waals surface area contributed by atoms with Crippen molar-refractivity contribution in [1.29, 1.82) is 0 Å². The maximum Gasteiger partial charge on any atom is 0.416 e. The van der Waals surface area contributed by atoms with Gasteiger partial charge in [-0.05, 0) is 41.8 Å². The van der Waals surface area contributed by atoms with E-state index < -0.39 is 11.7 Å². The molecule has 0 amide bonds. The lowest BCUT2D eigenvalue weighted by Crippen LogP contribution is -2.31. The van der Waals surface area contributed by atoms with Crippen LogP contribution in [0.1, 0.15) is 16.8 Å². The molecule has 0 unspecified atom stereocenters. The van der Waals surface area contributed by atoms with Gasteiger partial charge in [-0.25, -0.2) is 9.78 Å². The summed E-state index contributed by atoms with van der Waals surface area (Å²) in [5.74, 6) is 0. The quantitative estimate of drug-likeness (QED) is 0.344. The molecule has 2 heterocycles. The lowest BCUT2D eigenvalue weighted by Gasteiger charge is -2.13. The number of rotatable bonds is 8. The van der Waals surface area contributed by atoms with Crippen LogP contribution >= 0.6 is 11.3 Å². The summed E-state index contributed by atoms with van der Waals surface area (Å²) in [4.78, 5) is 20.2. The Morgan fingerprint density at radius 1 is 1.24 bits per heavy atom. The van der Waals surface area contributed by atoms with Crippen molar-refractivity contribution in [1.82, 2.24) is 14.5 Å². The van der Waals surface area contributed by atoms with Crippen molar-refractivity contribution >= 4 is 27.5 Å². The molecule has 2 aromatic heterocycles. The molecule has 4 aromatic rings. The normalized spacial score (nSPS) is 12.9. The zero-order chi connectivity index (χ0) is 24.5. The Labute approximate surface area is 197 Å². The molecule has 0 aliphatic carbocycles. The van der Waals surface area contributed by atoms with Crippen molar-refractivity contribution in [3.63, 3.8) is 0 Å². The first kappa shape index (κ1) is 24.0. The first-order chi connectivity index (χ1) is 16.2. The summed E-state index contributed by atoms with van der Waals surface area (Å²) in [7, 11) is 3.30. The van der Waals surface area contributed by atoms with E-state index in [0.29, 0.717) is 24.7 Å². The Bertz CT molecular complexity index is 1340. The van der Waals surface area contributed by atoms with E-state index in [1.165, 1.54) is 23.5 Å². The number of benzene rings is 2. The van der Waals surface area contributed by atoms with Gasteiger partial charge in [0.1, 0.15) is 0 Å². The molecule has 4 N–H and O–H groups in total. The number of alkyl halides is 3. The number of thiazole rings is 1. The van der Waals surface area contributed by atoms with Gasteiger partial charge >= 0.3 is 11.9 Å². The number of aryl methyl sites for hydroxylation is 1. The van der Waals surface area contributed by atoms with E-state index in [4.69, 9.17) is 10.5 Å². The summed E-state index contributed by atoms with van der Waals surface area (Å²) in [6.45, 7) is 0.709. The number of fused-ring (bicyclic) bond motifs is 1. The topological polar surface area (TPSA) is 98.0 Å². The van der Waals surface area contributed by atoms with Gasteiger partial charge in [-0.3, -0.25) is 4.57 Å². The lowest BCUT2D eigenvalue weighted by molar-refractivity contribution is -0.137. The minimum Gasteiger partial charge on any atom is -0.378 e. The number of methoxy groups -OCH3 is 1. The molecule has 34 heavy (non-hydrogen) atoms. The van der Waals surface area contributed by atoms with Crippen molar-refractivity contribution in [2.45, 2.75) is 25.2 Å². The maximum atomic E-state index is 12.7. The third kappa shape index (κ3) is 5.16. The summed E-state index contributed by atoms with van der Waals surface area (Å²) in [6.07, 6.45) is -3.93. The molecular formula is C23H24F3N5O2S. The molecule has 180 valence electrons. The van der Waals surface area contributed by atoms with Crippen LogP contribution in [0.25, 0.3) is 21.5 Å². The van der Waals surface area contributed by atoms with Gasteiger partial charge in [0, 0.05) is 26.7 Å². The molecule has 11 heteroatoms. The number of nitrogens with two attached hydrogens (primary N) is 1. The van der Waals surface area contributed by atoms with Crippen LogP contribution in [-0.2, 0) is 31.0 Å². The van der Waals surface area contributed by atoms with Gasteiger partial charge < -0.3 is 20.8 Å². The highest BCUT2D eigenvalue weighted by Crippen LogP contribution is 2.35. The second-order valence-corrected chi connectivity index (χ2v) is 8.99. The number of nitrogens with zero attached hydrogens (tertiary/aromatic N) is 2. The molecule has 0 aliphatic rings. The summed E-state index contributed by atoms with van der Waals surface area (Å²) in [5, 5.41) is 3.89. The van der Waals surface area contributed by atoms with Gasteiger partial charge in [0.2, 0.25) is 0 Å². The van der Waals surface area contributed by atoms with E-state index in [-0.39, 0.29) is 11.7 Å². The van der Waals surface area contributed by atoms with Gasteiger partial charge in [0.15, 0.2) is 5.13 Å². The van der Waals surface area contributed by atoms with E-state index in [9.17, 15) is 18.0 Å². The number of ether oxygens (including phenoxy) is 1. The van der Waals surface area contributed by atoms with Crippen LogP contribution in [-0.4, -0.2) is 34.2 Å². The molecule has 7 nitrogen and oxygen atoms in total. The van der Waals surface area contributed by atoms with Crippen molar-refractivity contribution in [2.75, 3.05) is 19.0 Å². The van der Waals surface area contributed by atoms with E-state index in [1.807, 2.05) is 18.2 Å². The molecule has 0 bridgehead atoms. The number of aromatic nitrogens is 3. The number of H-pyrrole nitrogens is 1. The third-order valence-corrected chi connectivity index (χ3v) is 6.54. The average molecular weight is 492 g/mol. The Hall–Kier alpha value is -3.15. The number of aromatic amines is 1. The number of nitrogens with one attached hydrogen (secondary N) is 2. The zero-order valence-electron chi connectivity index (χ0n) is 18.6. The maximum absolute atomic E-state index is 12.7. The Morgan fingerprint density at radius 2 is 1.97 bits per heavy atom. The fourth-order valence-corrected chi connectivity index (χ4v) is 4.65. The highest BCUT2D eigenvalue weighted by Gasteiger charge is 2.30. The lowest BCUT2D eigenvalue weighted by atomic mass is 10.0. The fourth-order valence-electron chi connectivity index (χ4n) is 3.68. The predicted octanol–water partition coefficient (Wildman–Crippen LogP) is 4.14. The minimum atomic E-state index is -4.36. The highest BCUT2D eigenvalue weighted by molar-refractivity contribution is 7.19. The average Bonchev–Trinajstić information content (AvgIpc) is 3.32. The fraction of sp³-hybridized carbons (Fsp3) is 0.304. The predicted molar refractivity (Wildman–Crippen MR) is 127 cm³/mol. The van der Waals surface area contributed by atoms with Crippen LogP contribution in [0.5, 0.6) is 0 Å². The smallest absolute Gasteiger partial charge is 0.378 e. The molecule has 0 spiro atoms. The highest BCUT2D eigenvalue weighted by atomic mass is 32.1. The van der Waals surface area contributed by atoms with Crippen LogP contribution in [0.4, 0.5) is 18.3 Å². The second kappa shape index (κ2) is 9.61. The van der Waals surface area contributed by atoms with Crippen molar-refractivity contribution in [3.8, 4) is 10.4 Å². The molecule has 0 saturated heterocycles. The summed E-state index contributed by atoms with van der Waals surface area (Å²) >= 11 is 1.45. The van der Waals surface area contributed by atoms with Gasteiger partial charge in [-0.2, -0.15) is 13.2 Å². The Kier molecular flexibility index (Phi) is 6.78. The monoisotopic (exact) mass is 491 g/mol. The molecule has 4 rings (SSSR count). The summed E-state index contributed by atoms with van der Waals surface area (Å²) < 4.78 is 45.1. The Balaban J connectivity index is 1.47. The summed E-state index contributed by atoms with van der Waals surface area (Å²) in [5.41, 5.74) is 9.28. The Morgan fingerprint density at radius 3 is 2.65 bits per heavy atom. The van der Waals surface area contributed by atoms with Crippen LogP contribution in [0, 0.1) is 0 Å². The summed E-state index contributed by atoms with van der Waals surface area (Å²) in [6, 6.07) is 10.4. The second-order valence-electron chi connectivity index (χ2n) is 7.99.